The van der Waals surface area contributed by atoms with Gasteiger partial charge in [-0.1, -0.05) is 35.3 Å². The van der Waals surface area contributed by atoms with Crippen LogP contribution >= 0.6 is 23.2 Å². The predicted octanol–water partition coefficient (Wildman–Crippen LogP) is 3.28. The van der Waals surface area contributed by atoms with E-state index in [1.807, 2.05) is 24.3 Å². The number of nitrogens with one attached hydrogen (secondary N) is 1. The highest BCUT2D eigenvalue weighted by atomic mass is 35.5. The van der Waals surface area contributed by atoms with Crippen molar-refractivity contribution in [1.82, 2.24) is 9.78 Å². The summed E-state index contributed by atoms with van der Waals surface area (Å²) >= 11 is 12.0. The Labute approximate surface area is 138 Å². The van der Waals surface area contributed by atoms with E-state index in [0.717, 1.165) is 5.56 Å². The molecule has 7 heteroatoms. The van der Waals surface area contributed by atoms with Crippen LogP contribution in [0.5, 0.6) is 0 Å². The van der Waals surface area contributed by atoms with Gasteiger partial charge in [0.15, 0.2) is 0 Å². The molecule has 22 heavy (non-hydrogen) atoms. The number of hydrogen-bond acceptors (Lipinski definition) is 4. The number of ether oxygens (including phenoxy) is 1. The van der Waals surface area contributed by atoms with Crippen LogP contribution in [0.25, 0.3) is 0 Å². The van der Waals surface area contributed by atoms with Crippen molar-refractivity contribution in [3.63, 3.8) is 0 Å². The summed E-state index contributed by atoms with van der Waals surface area (Å²) in [7, 11) is 3.20. The molecule has 0 amide bonds. The van der Waals surface area contributed by atoms with Gasteiger partial charge in [0.25, 0.3) is 5.56 Å². The zero-order chi connectivity index (χ0) is 16.1. The number of nitrogens with zero attached hydrogens (tertiary/aromatic N) is 2. The Kier molecular flexibility index (Phi) is 5.83. The van der Waals surface area contributed by atoms with E-state index in [2.05, 4.69) is 10.4 Å². The fourth-order valence-corrected chi connectivity index (χ4v) is 2.40. The van der Waals surface area contributed by atoms with Crippen molar-refractivity contribution in [2.45, 2.75) is 12.5 Å². The second-order valence-electron chi connectivity index (χ2n) is 4.83. The van der Waals surface area contributed by atoms with Crippen LogP contribution in [0.2, 0.25) is 10.0 Å². The summed E-state index contributed by atoms with van der Waals surface area (Å²) in [5.74, 6) is 0. The Bertz CT molecular complexity index is 686. The molecule has 0 radical (unpaired) electrons. The highest BCUT2D eigenvalue weighted by Crippen LogP contribution is 2.26. The van der Waals surface area contributed by atoms with Crippen molar-refractivity contribution < 1.29 is 4.74 Å². The molecule has 5 nitrogen and oxygen atoms in total. The molecule has 0 aliphatic carbocycles. The molecule has 1 aromatic heterocycles. The zero-order valence-corrected chi connectivity index (χ0v) is 13.9. The number of benzene rings is 1. The maximum Gasteiger partial charge on any atom is 0.287 e. The van der Waals surface area contributed by atoms with Gasteiger partial charge in [-0.3, -0.25) is 4.79 Å². The van der Waals surface area contributed by atoms with Crippen LogP contribution in [0, 0.1) is 0 Å². The van der Waals surface area contributed by atoms with E-state index in [0.29, 0.717) is 23.7 Å². The van der Waals surface area contributed by atoms with Crippen molar-refractivity contribution in [3.05, 3.63) is 56.4 Å². The number of aromatic nitrogens is 2. The van der Waals surface area contributed by atoms with Gasteiger partial charge in [-0.2, -0.15) is 5.10 Å². The molecule has 0 spiro atoms. The third-order valence-electron chi connectivity index (χ3n) is 3.29. The van der Waals surface area contributed by atoms with Crippen LogP contribution in [0.15, 0.2) is 35.3 Å². The molecule has 118 valence electrons. The SMILES string of the molecule is COCCC(Nc1cnn(C)c(=O)c1Cl)c1ccc(Cl)cc1. The van der Waals surface area contributed by atoms with E-state index in [9.17, 15) is 4.79 Å². The molecule has 2 rings (SSSR count). The van der Waals surface area contributed by atoms with Gasteiger partial charge < -0.3 is 10.1 Å². The van der Waals surface area contributed by atoms with Crippen LogP contribution < -0.4 is 10.9 Å². The van der Waals surface area contributed by atoms with Crippen LogP contribution in [0.1, 0.15) is 18.0 Å². The normalized spacial score (nSPS) is 12.2. The Hall–Kier alpha value is -1.56. The first-order chi connectivity index (χ1) is 10.5. The fourth-order valence-electron chi connectivity index (χ4n) is 2.05. The van der Waals surface area contributed by atoms with E-state index in [-0.39, 0.29) is 16.6 Å². The molecular weight excluding hydrogens is 325 g/mol. The minimum Gasteiger partial charge on any atom is -0.385 e. The third-order valence-corrected chi connectivity index (χ3v) is 3.91. The summed E-state index contributed by atoms with van der Waals surface area (Å²) < 4.78 is 6.34. The van der Waals surface area contributed by atoms with Crippen molar-refractivity contribution in [3.8, 4) is 0 Å². The first-order valence-electron chi connectivity index (χ1n) is 6.75. The highest BCUT2D eigenvalue weighted by Gasteiger charge is 2.15. The minimum atomic E-state index is -0.340. The van der Waals surface area contributed by atoms with Gasteiger partial charge in [0.1, 0.15) is 5.02 Å². The molecular formula is C15H17Cl2N3O2. The lowest BCUT2D eigenvalue weighted by molar-refractivity contribution is 0.190. The average Bonchev–Trinajstić information content (AvgIpc) is 2.52. The molecule has 1 aromatic carbocycles. The molecule has 0 saturated carbocycles. The molecule has 1 atom stereocenters. The lowest BCUT2D eigenvalue weighted by atomic mass is 10.0. The van der Waals surface area contributed by atoms with Gasteiger partial charge in [0.2, 0.25) is 0 Å². The molecule has 1 N–H and O–H groups in total. The summed E-state index contributed by atoms with van der Waals surface area (Å²) in [5.41, 5.74) is 1.19. The van der Waals surface area contributed by atoms with Gasteiger partial charge in [0, 0.05) is 25.8 Å². The second-order valence-corrected chi connectivity index (χ2v) is 5.65. The average molecular weight is 342 g/mol. The smallest absolute Gasteiger partial charge is 0.287 e. The maximum atomic E-state index is 11.9. The Morgan fingerprint density at radius 3 is 2.64 bits per heavy atom. The van der Waals surface area contributed by atoms with E-state index < -0.39 is 0 Å². The molecule has 0 aliphatic heterocycles. The Balaban J connectivity index is 2.29. The van der Waals surface area contributed by atoms with Gasteiger partial charge in [-0.05, 0) is 24.1 Å². The zero-order valence-electron chi connectivity index (χ0n) is 12.3. The molecule has 2 aromatic rings. The summed E-state index contributed by atoms with van der Waals surface area (Å²) in [6.45, 7) is 0.566. The van der Waals surface area contributed by atoms with E-state index in [4.69, 9.17) is 27.9 Å². The van der Waals surface area contributed by atoms with Gasteiger partial charge in [-0.15, -0.1) is 0 Å². The highest BCUT2D eigenvalue weighted by molar-refractivity contribution is 6.33. The van der Waals surface area contributed by atoms with Gasteiger partial charge in [-0.25, -0.2) is 4.68 Å². The van der Waals surface area contributed by atoms with Crippen LogP contribution in [0.3, 0.4) is 0 Å². The number of hydrogen-bond donors (Lipinski definition) is 1. The lowest BCUT2D eigenvalue weighted by Crippen LogP contribution is -2.22. The molecule has 0 saturated heterocycles. The number of methoxy groups -OCH3 is 1. The summed E-state index contributed by atoms with van der Waals surface area (Å²) in [4.78, 5) is 11.9. The first kappa shape index (κ1) is 16.8. The van der Waals surface area contributed by atoms with E-state index in [1.165, 1.54) is 4.68 Å². The Morgan fingerprint density at radius 1 is 1.32 bits per heavy atom. The van der Waals surface area contributed by atoms with Gasteiger partial charge in [0.05, 0.1) is 17.9 Å². The molecule has 0 aliphatic rings. The van der Waals surface area contributed by atoms with Crippen LogP contribution in [-0.2, 0) is 11.8 Å². The Morgan fingerprint density at radius 2 is 2.00 bits per heavy atom. The number of rotatable bonds is 6. The van der Waals surface area contributed by atoms with Gasteiger partial charge >= 0.3 is 0 Å². The third kappa shape index (κ3) is 4.00. The number of aryl methyl sites for hydroxylation is 1. The van der Waals surface area contributed by atoms with Crippen molar-refractivity contribution >= 4 is 28.9 Å². The van der Waals surface area contributed by atoms with Crippen molar-refractivity contribution in [2.75, 3.05) is 19.0 Å². The topological polar surface area (TPSA) is 56.1 Å². The molecule has 0 fully saturated rings. The standard InChI is InChI=1S/C15H17Cl2N3O2/c1-20-15(21)14(17)13(9-18-20)19-12(7-8-22-2)10-3-5-11(16)6-4-10/h3-6,9,12,19H,7-8H2,1-2H3. The van der Waals surface area contributed by atoms with E-state index in [1.54, 1.807) is 20.4 Å². The molecule has 0 bridgehead atoms. The predicted molar refractivity (Wildman–Crippen MR) is 88.8 cm³/mol. The second kappa shape index (κ2) is 7.63. The quantitative estimate of drug-likeness (QED) is 0.875. The van der Waals surface area contributed by atoms with Crippen molar-refractivity contribution in [2.24, 2.45) is 7.05 Å². The lowest BCUT2D eigenvalue weighted by Gasteiger charge is -2.20. The largest absolute Gasteiger partial charge is 0.385 e. The maximum absolute atomic E-state index is 11.9. The monoisotopic (exact) mass is 341 g/mol. The van der Waals surface area contributed by atoms with E-state index >= 15 is 0 Å². The summed E-state index contributed by atoms with van der Waals surface area (Å²) in [6, 6.07) is 7.43. The number of halogens is 2. The minimum absolute atomic E-state index is 0.0661. The van der Waals surface area contributed by atoms with Crippen LogP contribution in [0.4, 0.5) is 5.69 Å². The fraction of sp³-hybridized carbons (Fsp3) is 0.333. The van der Waals surface area contributed by atoms with Crippen molar-refractivity contribution in [1.29, 1.82) is 0 Å². The summed E-state index contributed by atoms with van der Waals surface area (Å²) in [5, 5.41) is 8.03. The number of anilines is 1. The molecule has 1 unspecified atom stereocenters. The molecule has 1 heterocycles. The van der Waals surface area contributed by atoms with Crippen LogP contribution in [-0.4, -0.2) is 23.5 Å². The summed E-state index contributed by atoms with van der Waals surface area (Å²) in [6.07, 6.45) is 2.25. The first-order valence-corrected chi connectivity index (χ1v) is 7.51.